The molecule has 1 aliphatic heterocycles. The number of carbonyl (C=O) groups is 4. The molecule has 49 heavy (non-hydrogen) atoms. The molecule has 0 spiro atoms. The third-order valence-electron chi connectivity index (χ3n) is 12.9. The van der Waals surface area contributed by atoms with Crippen LogP contribution in [0.5, 0.6) is 0 Å². The molecule has 12 heteroatoms. The van der Waals surface area contributed by atoms with E-state index in [4.69, 9.17) is 23.7 Å². The molecule has 0 aromatic heterocycles. The highest BCUT2D eigenvalue weighted by atomic mass is 16.7. The highest BCUT2D eigenvalue weighted by Gasteiger charge is 2.81. The summed E-state index contributed by atoms with van der Waals surface area (Å²) in [5, 5.41) is 37.3. The molecule has 0 aromatic carbocycles. The second-order valence-corrected chi connectivity index (χ2v) is 15.8. The predicted octanol–water partition coefficient (Wildman–Crippen LogP) is 3.62. The minimum Gasteiger partial charge on any atom is -0.458 e. The normalized spacial score (nSPS) is 43.4. The molecule has 4 aliphatic carbocycles. The maximum absolute atomic E-state index is 13.3. The number of fused-ring (bicyclic) bond motifs is 5. The Kier molecular flexibility index (Phi) is 10.1. The van der Waals surface area contributed by atoms with Crippen molar-refractivity contribution in [2.45, 2.75) is 154 Å². The largest absolute Gasteiger partial charge is 0.458 e. The second kappa shape index (κ2) is 13.2. The van der Waals surface area contributed by atoms with Crippen molar-refractivity contribution >= 4 is 23.7 Å². The summed E-state index contributed by atoms with van der Waals surface area (Å²) < 4.78 is 29.1. The summed E-state index contributed by atoms with van der Waals surface area (Å²) in [6, 6.07) is 0. The van der Waals surface area contributed by atoms with Gasteiger partial charge in [0.25, 0.3) is 0 Å². The fourth-order valence-corrected chi connectivity index (χ4v) is 9.69. The summed E-state index contributed by atoms with van der Waals surface area (Å²) in [5.41, 5.74) is -6.12. The molecule has 0 bridgehead atoms. The van der Waals surface area contributed by atoms with Crippen molar-refractivity contribution in [3.63, 3.8) is 0 Å². The third-order valence-corrected chi connectivity index (χ3v) is 12.9. The first-order chi connectivity index (χ1) is 22.7. The average molecular weight is 691 g/mol. The van der Waals surface area contributed by atoms with Gasteiger partial charge in [-0.25, -0.2) is 4.79 Å². The highest BCUT2D eigenvalue weighted by molar-refractivity contribution is 5.87. The minimum absolute atomic E-state index is 0.0143. The van der Waals surface area contributed by atoms with Crippen LogP contribution in [0.3, 0.4) is 0 Å². The van der Waals surface area contributed by atoms with Gasteiger partial charge in [-0.05, 0) is 77.0 Å². The highest BCUT2D eigenvalue weighted by Crippen LogP contribution is 2.71. The number of allylic oxidation sites excluding steroid dienone is 1. The average Bonchev–Trinajstić information content (AvgIpc) is 3.23. The Morgan fingerprint density at radius 1 is 0.918 bits per heavy atom. The van der Waals surface area contributed by atoms with Gasteiger partial charge in [0.1, 0.15) is 29.0 Å². The fraction of sp³-hybridized carbons (Fsp3) is 0.784. The van der Waals surface area contributed by atoms with E-state index in [-0.39, 0.29) is 50.7 Å². The molecule has 3 saturated carbocycles. The molecule has 0 radical (unpaired) electrons. The number of ketones is 1. The van der Waals surface area contributed by atoms with Crippen LogP contribution in [0.25, 0.3) is 0 Å². The van der Waals surface area contributed by atoms with Gasteiger partial charge in [-0.3, -0.25) is 14.4 Å². The standard InChI is InChI=1S/C37H54O12/c1-20(2)21(3)15-31(41)49-30-18-29-33(7)11-10-26(48-32-17-27(46-23(5)39)28(19-45-32)47-24(6)40)16-25(33)9-12-36(29,43)37(44)14-13-35(42,22(4)38)34(30,37)8/h9,15,20,26-30,32,42-44H,10-14,16-19H2,1-8H3/b21-15+/t26-,27-,28+,29+,30+,32-,33-,34+,35+,36-,37+/m0/s1. The van der Waals surface area contributed by atoms with Gasteiger partial charge in [-0.2, -0.15) is 0 Å². The van der Waals surface area contributed by atoms with E-state index in [0.717, 1.165) is 11.1 Å². The quantitative estimate of drug-likeness (QED) is 0.146. The molecular formula is C37H54O12. The third kappa shape index (κ3) is 6.09. The van der Waals surface area contributed by atoms with Crippen LogP contribution in [0.4, 0.5) is 0 Å². The molecule has 11 atom stereocenters. The molecule has 12 nitrogen and oxygen atoms in total. The van der Waals surface area contributed by atoms with Gasteiger partial charge in [0.2, 0.25) is 0 Å². The number of hydrogen-bond acceptors (Lipinski definition) is 12. The summed E-state index contributed by atoms with van der Waals surface area (Å²) >= 11 is 0. The van der Waals surface area contributed by atoms with E-state index in [1.165, 1.54) is 26.8 Å². The van der Waals surface area contributed by atoms with Gasteiger partial charge in [0.15, 0.2) is 18.2 Å². The van der Waals surface area contributed by atoms with E-state index in [1.54, 1.807) is 6.92 Å². The van der Waals surface area contributed by atoms with Crippen LogP contribution in [0, 0.1) is 22.7 Å². The lowest BCUT2D eigenvalue weighted by molar-refractivity contribution is -0.314. The van der Waals surface area contributed by atoms with Crippen molar-refractivity contribution < 1.29 is 58.2 Å². The number of hydrogen-bond donors (Lipinski definition) is 3. The first kappa shape index (κ1) is 37.6. The Hall–Kier alpha value is -2.64. The van der Waals surface area contributed by atoms with Gasteiger partial charge in [0, 0.05) is 32.3 Å². The molecule has 1 saturated heterocycles. The first-order valence-corrected chi connectivity index (χ1v) is 17.6. The molecule has 5 aliphatic rings. The summed E-state index contributed by atoms with van der Waals surface area (Å²) in [6.45, 7) is 13.3. The number of Topliss-reactive ketones (excluding diaryl/α,β-unsaturated/α-hetero) is 1. The van der Waals surface area contributed by atoms with Crippen LogP contribution in [0.1, 0.15) is 107 Å². The summed E-state index contributed by atoms with van der Waals surface area (Å²) in [7, 11) is 0. The van der Waals surface area contributed by atoms with Gasteiger partial charge < -0.3 is 39.0 Å². The Balaban J connectivity index is 1.41. The SMILES string of the molecule is CC(=O)O[C@H]1C[C@H](O[C@H]2CC[C@@]3(C)C(=CC[C@]4(O)[C@@H]3C[C@@H](OC(=O)/C=C(\C)C(C)C)[C@@]3(C)[C@]4(O)CC[C@@]3(O)C(C)=O)C2)OC[C@H]1OC(C)=O. The van der Waals surface area contributed by atoms with Crippen molar-refractivity contribution in [2.75, 3.05) is 6.61 Å². The van der Waals surface area contributed by atoms with Gasteiger partial charge in [-0.15, -0.1) is 0 Å². The molecule has 0 amide bonds. The number of rotatable bonds is 8. The topological polar surface area (TPSA) is 175 Å². The van der Waals surface area contributed by atoms with E-state index in [9.17, 15) is 34.5 Å². The van der Waals surface area contributed by atoms with E-state index in [0.29, 0.717) is 19.3 Å². The van der Waals surface area contributed by atoms with Gasteiger partial charge in [0.05, 0.1) is 18.1 Å². The number of carbonyl (C=O) groups excluding carboxylic acids is 4. The Morgan fingerprint density at radius 2 is 1.57 bits per heavy atom. The minimum atomic E-state index is -2.01. The first-order valence-electron chi connectivity index (χ1n) is 17.6. The Labute approximate surface area is 288 Å². The van der Waals surface area contributed by atoms with Crippen molar-refractivity contribution in [3.05, 3.63) is 23.3 Å². The zero-order valence-electron chi connectivity index (χ0n) is 30.1. The molecule has 5 rings (SSSR count). The van der Waals surface area contributed by atoms with Crippen molar-refractivity contribution in [1.29, 1.82) is 0 Å². The van der Waals surface area contributed by atoms with Crippen LogP contribution in [0.15, 0.2) is 23.3 Å². The van der Waals surface area contributed by atoms with E-state index in [1.807, 2.05) is 26.8 Å². The maximum Gasteiger partial charge on any atom is 0.330 e. The smallest absolute Gasteiger partial charge is 0.330 e. The molecule has 1 heterocycles. The maximum atomic E-state index is 13.3. The zero-order valence-corrected chi connectivity index (χ0v) is 30.1. The van der Waals surface area contributed by atoms with Crippen molar-refractivity contribution in [3.8, 4) is 0 Å². The summed E-state index contributed by atoms with van der Waals surface area (Å²) in [6.07, 6.45) is 1.87. The van der Waals surface area contributed by atoms with Crippen molar-refractivity contribution in [2.24, 2.45) is 22.7 Å². The lowest BCUT2D eigenvalue weighted by Crippen LogP contribution is -2.78. The van der Waals surface area contributed by atoms with E-state index in [2.05, 4.69) is 6.92 Å². The molecule has 274 valence electrons. The second-order valence-electron chi connectivity index (χ2n) is 15.8. The van der Waals surface area contributed by atoms with Gasteiger partial charge in [-0.1, -0.05) is 38.0 Å². The lowest BCUT2D eigenvalue weighted by atomic mass is 9.42. The van der Waals surface area contributed by atoms with Gasteiger partial charge >= 0.3 is 17.9 Å². The van der Waals surface area contributed by atoms with Crippen LogP contribution in [-0.4, -0.2) is 93.1 Å². The number of ether oxygens (including phenoxy) is 5. The van der Waals surface area contributed by atoms with Crippen LogP contribution in [0.2, 0.25) is 0 Å². The van der Waals surface area contributed by atoms with Crippen LogP contribution < -0.4 is 0 Å². The van der Waals surface area contributed by atoms with Crippen LogP contribution >= 0.6 is 0 Å². The molecule has 4 fully saturated rings. The molecule has 0 unspecified atom stereocenters. The molecule has 0 aromatic rings. The van der Waals surface area contributed by atoms with E-state index < -0.39 is 81.8 Å². The molecule has 3 N–H and O–H groups in total. The summed E-state index contributed by atoms with van der Waals surface area (Å²) in [4.78, 5) is 49.8. The van der Waals surface area contributed by atoms with Crippen molar-refractivity contribution in [1.82, 2.24) is 0 Å². The fourth-order valence-electron chi connectivity index (χ4n) is 9.69. The molecular weight excluding hydrogens is 636 g/mol. The zero-order chi connectivity index (χ0) is 36.3. The summed E-state index contributed by atoms with van der Waals surface area (Å²) in [5.74, 6) is -2.63. The lowest BCUT2D eigenvalue weighted by Gasteiger charge is -2.67. The monoisotopic (exact) mass is 690 g/mol. The van der Waals surface area contributed by atoms with E-state index >= 15 is 0 Å². The Morgan fingerprint density at radius 3 is 2.18 bits per heavy atom. The van der Waals surface area contributed by atoms with Crippen LogP contribution in [-0.2, 0) is 42.9 Å². The Bertz CT molecular complexity index is 1420. The number of aliphatic hydroxyl groups is 3. The predicted molar refractivity (Wildman–Crippen MR) is 174 cm³/mol. The number of esters is 3.